The molecule has 0 unspecified atom stereocenters. The lowest BCUT2D eigenvalue weighted by molar-refractivity contribution is 0.100. The van der Waals surface area contributed by atoms with Crippen molar-refractivity contribution in [2.75, 3.05) is 12.3 Å². The highest BCUT2D eigenvalue weighted by Crippen LogP contribution is 2.37. The molecule has 1 aliphatic rings. The molecular weight excluding hydrogens is 386 g/mol. The van der Waals surface area contributed by atoms with Gasteiger partial charge in [0.05, 0.1) is 11.7 Å². The number of nitrogens with zero attached hydrogens (tertiary/aromatic N) is 3. The van der Waals surface area contributed by atoms with E-state index in [1.54, 1.807) is 18.3 Å². The Bertz CT molecular complexity index is 1040. The lowest BCUT2D eigenvalue weighted by atomic mass is 9.98. The molecule has 4 rings (SSSR count). The maximum Gasteiger partial charge on any atom is 0.248 e. The predicted octanol–water partition coefficient (Wildman–Crippen LogP) is 3.82. The van der Waals surface area contributed by atoms with Gasteiger partial charge in [0.2, 0.25) is 11.9 Å². The molecule has 1 fully saturated rings. The summed E-state index contributed by atoms with van der Waals surface area (Å²) in [5.74, 6) is -0.219. The quantitative estimate of drug-likeness (QED) is 0.670. The van der Waals surface area contributed by atoms with E-state index in [9.17, 15) is 4.79 Å². The maximum absolute atomic E-state index is 11.6. The van der Waals surface area contributed by atoms with Crippen molar-refractivity contribution in [2.24, 2.45) is 5.73 Å². The lowest BCUT2D eigenvalue weighted by Crippen LogP contribution is -2.24. The number of carbonyl (C=O) groups excluding carboxylic acids is 1. The van der Waals surface area contributed by atoms with E-state index < -0.39 is 5.91 Å². The summed E-state index contributed by atoms with van der Waals surface area (Å²) in [6.07, 6.45) is 3.78. The number of halogens is 1. The van der Waals surface area contributed by atoms with Crippen molar-refractivity contribution in [3.8, 4) is 11.1 Å². The number of likely N-dealkylation sites (tertiary alicyclic amines) is 1. The Labute approximate surface area is 174 Å². The van der Waals surface area contributed by atoms with Gasteiger partial charge in [0, 0.05) is 28.9 Å². The highest BCUT2D eigenvalue weighted by Gasteiger charge is 2.30. The molecule has 0 spiro atoms. The van der Waals surface area contributed by atoms with Gasteiger partial charge in [-0.3, -0.25) is 9.69 Å². The molecule has 1 atom stereocenters. The van der Waals surface area contributed by atoms with E-state index in [4.69, 9.17) is 23.1 Å². The molecule has 0 bridgehead atoms. The SMILES string of the molecule is NC(=O)c1cccc(-c2cnc(N)nc2[C@H]2CCCN2Cc2ccc(Cl)cc2)c1. The third-order valence-corrected chi connectivity index (χ3v) is 5.53. The smallest absolute Gasteiger partial charge is 0.248 e. The van der Waals surface area contributed by atoms with Crippen LogP contribution in [0.25, 0.3) is 11.1 Å². The predicted molar refractivity (Wildman–Crippen MR) is 114 cm³/mol. The molecule has 7 heteroatoms. The minimum atomic E-state index is -0.463. The Morgan fingerprint density at radius 3 is 2.76 bits per heavy atom. The Balaban J connectivity index is 1.70. The van der Waals surface area contributed by atoms with Gasteiger partial charge in [-0.1, -0.05) is 35.9 Å². The van der Waals surface area contributed by atoms with Gasteiger partial charge < -0.3 is 11.5 Å². The van der Waals surface area contributed by atoms with Crippen LogP contribution in [0.3, 0.4) is 0 Å². The van der Waals surface area contributed by atoms with Crippen LogP contribution in [-0.4, -0.2) is 27.3 Å². The summed E-state index contributed by atoms with van der Waals surface area (Å²) in [7, 11) is 0. The number of aromatic nitrogens is 2. The topological polar surface area (TPSA) is 98.1 Å². The minimum Gasteiger partial charge on any atom is -0.368 e. The van der Waals surface area contributed by atoms with E-state index in [1.807, 2.05) is 36.4 Å². The van der Waals surface area contributed by atoms with E-state index in [0.29, 0.717) is 5.56 Å². The first-order valence-electron chi connectivity index (χ1n) is 9.52. The van der Waals surface area contributed by atoms with Crippen LogP contribution >= 0.6 is 11.6 Å². The van der Waals surface area contributed by atoms with Gasteiger partial charge in [0.25, 0.3) is 0 Å². The van der Waals surface area contributed by atoms with Crippen LogP contribution in [0.5, 0.6) is 0 Å². The molecule has 1 amide bonds. The first kappa shape index (κ1) is 19.4. The van der Waals surface area contributed by atoms with Gasteiger partial charge in [0.15, 0.2) is 0 Å². The molecule has 4 N–H and O–H groups in total. The fraction of sp³-hybridized carbons (Fsp3) is 0.227. The summed E-state index contributed by atoms with van der Waals surface area (Å²) in [6, 6.07) is 15.2. The fourth-order valence-corrected chi connectivity index (χ4v) is 4.00. The van der Waals surface area contributed by atoms with Gasteiger partial charge >= 0.3 is 0 Å². The molecular formula is C22H22ClN5O. The van der Waals surface area contributed by atoms with Crippen molar-refractivity contribution in [3.63, 3.8) is 0 Å². The minimum absolute atomic E-state index is 0.114. The average Bonchev–Trinajstić information content (AvgIpc) is 3.17. The number of nitrogen functional groups attached to an aromatic ring is 1. The van der Waals surface area contributed by atoms with Crippen molar-refractivity contribution in [1.82, 2.24) is 14.9 Å². The van der Waals surface area contributed by atoms with Crippen LogP contribution in [0.1, 0.15) is 40.5 Å². The molecule has 6 nitrogen and oxygen atoms in total. The molecule has 0 radical (unpaired) electrons. The summed E-state index contributed by atoms with van der Waals surface area (Å²) < 4.78 is 0. The monoisotopic (exact) mass is 407 g/mol. The molecule has 1 saturated heterocycles. The summed E-state index contributed by atoms with van der Waals surface area (Å²) in [6.45, 7) is 1.77. The Morgan fingerprint density at radius 2 is 2.00 bits per heavy atom. The van der Waals surface area contributed by atoms with Crippen LogP contribution in [0.2, 0.25) is 5.02 Å². The lowest BCUT2D eigenvalue weighted by Gasteiger charge is -2.26. The Hall–Kier alpha value is -2.96. The largest absolute Gasteiger partial charge is 0.368 e. The number of nitrogens with two attached hydrogens (primary N) is 2. The Morgan fingerprint density at radius 1 is 1.21 bits per heavy atom. The zero-order valence-electron chi connectivity index (χ0n) is 15.9. The summed E-state index contributed by atoms with van der Waals surface area (Å²) in [5.41, 5.74) is 15.6. The van der Waals surface area contributed by atoms with Crippen LogP contribution in [-0.2, 0) is 6.54 Å². The van der Waals surface area contributed by atoms with Gasteiger partial charge in [0.1, 0.15) is 0 Å². The number of amides is 1. The molecule has 148 valence electrons. The van der Waals surface area contributed by atoms with E-state index in [2.05, 4.69) is 14.9 Å². The number of primary amides is 1. The van der Waals surface area contributed by atoms with Crippen molar-refractivity contribution in [1.29, 1.82) is 0 Å². The first-order chi connectivity index (χ1) is 14.0. The maximum atomic E-state index is 11.6. The van der Waals surface area contributed by atoms with E-state index in [1.165, 1.54) is 5.56 Å². The van der Waals surface area contributed by atoms with Gasteiger partial charge in [-0.15, -0.1) is 0 Å². The van der Waals surface area contributed by atoms with Gasteiger partial charge in [-0.2, -0.15) is 0 Å². The molecule has 2 heterocycles. The number of rotatable bonds is 5. The standard InChI is InChI=1S/C22H22ClN5O/c23-17-8-6-14(7-9-17)13-28-10-2-5-19(28)20-18(12-26-22(25)27-20)15-3-1-4-16(11-15)21(24)29/h1,3-4,6-9,11-12,19H,2,5,10,13H2,(H2,24,29)(H2,25,26,27)/t19-/m1/s1. The summed E-state index contributed by atoms with van der Waals surface area (Å²) in [4.78, 5) is 22.8. The molecule has 1 aromatic heterocycles. The third kappa shape index (κ3) is 4.23. The average molecular weight is 408 g/mol. The summed E-state index contributed by atoms with van der Waals surface area (Å²) in [5, 5.41) is 0.729. The van der Waals surface area contributed by atoms with Crippen LogP contribution < -0.4 is 11.5 Å². The van der Waals surface area contributed by atoms with Crippen molar-refractivity contribution in [3.05, 3.63) is 76.6 Å². The molecule has 3 aromatic rings. The van der Waals surface area contributed by atoms with Crippen LogP contribution in [0, 0.1) is 0 Å². The molecule has 29 heavy (non-hydrogen) atoms. The molecule has 1 aliphatic heterocycles. The highest BCUT2D eigenvalue weighted by molar-refractivity contribution is 6.30. The second kappa shape index (κ2) is 8.19. The number of anilines is 1. The number of hydrogen-bond donors (Lipinski definition) is 2. The molecule has 0 aliphatic carbocycles. The Kier molecular flexibility index (Phi) is 5.47. The van der Waals surface area contributed by atoms with Crippen LogP contribution in [0.15, 0.2) is 54.7 Å². The van der Waals surface area contributed by atoms with Gasteiger partial charge in [-0.05, 0) is 54.8 Å². The second-order valence-electron chi connectivity index (χ2n) is 7.23. The van der Waals surface area contributed by atoms with E-state index >= 15 is 0 Å². The third-order valence-electron chi connectivity index (χ3n) is 5.27. The van der Waals surface area contributed by atoms with Crippen molar-refractivity contribution >= 4 is 23.5 Å². The second-order valence-corrected chi connectivity index (χ2v) is 7.66. The first-order valence-corrected chi connectivity index (χ1v) is 9.90. The number of benzene rings is 2. The summed E-state index contributed by atoms with van der Waals surface area (Å²) >= 11 is 6.02. The van der Waals surface area contributed by atoms with E-state index in [-0.39, 0.29) is 12.0 Å². The van der Waals surface area contributed by atoms with Gasteiger partial charge in [-0.25, -0.2) is 9.97 Å². The zero-order valence-corrected chi connectivity index (χ0v) is 16.6. The van der Waals surface area contributed by atoms with Crippen molar-refractivity contribution in [2.45, 2.75) is 25.4 Å². The van der Waals surface area contributed by atoms with E-state index in [0.717, 1.165) is 47.8 Å². The van der Waals surface area contributed by atoms with Crippen LogP contribution in [0.4, 0.5) is 5.95 Å². The zero-order chi connectivity index (χ0) is 20.4. The normalized spacial score (nSPS) is 16.8. The fourth-order valence-electron chi connectivity index (χ4n) is 3.88. The number of carbonyl (C=O) groups is 1. The molecule has 0 saturated carbocycles. The number of hydrogen-bond acceptors (Lipinski definition) is 5. The van der Waals surface area contributed by atoms with Crippen molar-refractivity contribution < 1.29 is 4.79 Å². The molecule has 2 aromatic carbocycles. The highest BCUT2D eigenvalue weighted by atomic mass is 35.5.